The zero-order chi connectivity index (χ0) is 10.9. The van der Waals surface area contributed by atoms with Crippen molar-refractivity contribution in [2.75, 3.05) is 0 Å². The fourth-order valence-electron chi connectivity index (χ4n) is 0.416. The minimum Gasteiger partial charge on any atom is -0.375 e. The van der Waals surface area contributed by atoms with Gasteiger partial charge in [-0.25, -0.2) is 0 Å². The van der Waals surface area contributed by atoms with Gasteiger partial charge in [-0.15, -0.1) is 0 Å². The van der Waals surface area contributed by atoms with Crippen molar-refractivity contribution in [3.63, 3.8) is 0 Å². The lowest BCUT2D eigenvalue weighted by molar-refractivity contribution is 0.152. The predicted octanol–water partition coefficient (Wildman–Crippen LogP) is -2.21. The summed E-state index contributed by atoms with van der Waals surface area (Å²) in [5.41, 5.74) is -4.91. The van der Waals surface area contributed by atoms with Crippen molar-refractivity contribution in [3.8, 4) is 0 Å². The van der Waals surface area contributed by atoms with Crippen LogP contribution in [-0.4, -0.2) is 47.0 Å². The molecule has 0 unspecified atom stereocenters. The molecule has 0 saturated carbocycles. The number of aliphatic hydroxyl groups excluding tert-OH is 2. The van der Waals surface area contributed by atoms with Crippen LogP contribution < -0.4 is 0 Å². The maximum Gasteiger partial charge on any atom is 0.292 e. The molecule has 13 heavy (non-hydrogen) atoms. The molecule has 0 aliphatic rings. The maximum atomic E-state index is 10.1. The van der Waals surface area contributed by atoms with Crippen molar-refractivity contribution in [2.24, 2.45) is 0 Å². The summed E-state index contributed by atoms with van der Waals surface area (Å²) < 4.78 is 56.7. The molecule has 4 N–H and O–H groups in total. The summed E-state index contributed by atoms with van der Waals surface area (Å²) in [5.74, 6) is 0. The first-order chi connectivity index (χ1) is 5.55. The molecule has 8 nitrogen and oxygen atoms in total. The highest BCUT2D eigenvalue weighted by Crippen LogP contribution is 2.08. The molecule has 0 aromatic heterocycles. The van der Waals surface area contributed by atoms with Gasteiger partial charge < -0.3 is 10.2 Å². The second kappa shape index (κ2) is 3.86. The summed E-state index contributed by atoms with van der Waals surface area (Å²) >= 11 is 0. The Morgan fingerprint density at radius 1 is 0.846 bits per heavy atom. The highest BCUT2D eigenvalue weighted by Gasteiger charge is 2.29. The summed E-state index contributed by atoms with van der Waals surface area (Å²) in [4.78, 5) is 0. The van der Waals surface area contributed by atoms with E-state index in [1.807, 2.05) is 0 Å². The molecule has 0 amide bonds. The van der Waals surface area contributed by atoms with Gasteiger partial charge >= 0.3 is 0 Å². The van der Waals surface area contributed by atoms with E-state index in [1.165, 1.54) is 0 Å². The summed E-state index contributed by atoms with van der Waals surface area (Å²) in [7, 11) is -9.68. The summed E-state index contributed by atoms with van der Waals surface area (Å²) in [6, 6.07) is 0. The van der Waals surface area contributed by atoms with Gasteiger partial charge in [0.05, 0.1) is 0 Å². The Labute approximate surface area is 74.3 Å². The molecule has 80 valence electrons. The second-order valence-electron chi connectivity index (χ2n) is 2.17. The van der Waals surface area contributed by atoms with Gasteiger partial charge in [-0.3, -0.25) is 9.11 Å². The Morgan fingerprint density at radius 2 is 1.08 bits per heavy atom. The van der Waals surface area contributed by atoms with Gasteiger partial charge in [-0.1, -0.05) is 0 Å². The van der Waals surface area contributed by atoms with E-state index in [4.69, 9.17) is 19.3 Å². The minimum atomic E-state index is -4.84. The molecule has 0 fully saturated rings. The number of aliphatic hydroxyl groups is 2. The van der Waals surface area contributed by atoms with Crippen molar-refractivity contribution in [3.05, 3.63) is 0 Å². The van der Waals surface area contributed by atoms with Gasteiger partial charge in [0.25, 0.3) is 20.2 Å². The third-order valence-electron chi connectivity index (χ3n) is 1.09. The van der Waals surface area contributed by atoms with Gasteiger partial charge in [0.2, 0.25) is 0 Å². The van der Waals surface area contributed by atoms with E-state index >= 15 is 0 Å². The lowest BCUT2D eigenvalue weighted by Crippen LogP contribution is -2.30. The van der Waals surface area contributed by atoms with Crippen molar-refractivity contribution in [1.29, 1.82) is 0 Å². The van der Waals surface area contributed by atoms with E-state index in [2.05, 4.69) is 0 Å². The van der Waals surface area contributed by atoms with Crippen LogP contribution in [0.2, 0.25) is 0 Å². The van der Waals surface area contributed by atoms with Crippen LogP contribution in [0, 0.1) is 0 Å². The minimum absolute atomic E-state index is 1.22. The first-order valence-electron chi connectivity index (χ1n) is 2.84. The van der Waals surface area contributed by atoms with Crippen LogP contribution in [-0.2, 0) is 20.2 Å². The largest absolute Gasteiger partial charge is 0.375 e. The van der Waals surface area contributed by atoms with Crippen LogP contribution in [0.15, 0.2) is 0 Å². The molecule has 0 aliphatic carbocycles. The average molecular weight is 236 g/mol. The molecular weight excluding hydrogens is 228 g/mol. The Hall–Kier alpha value is -0.260. The highest BCUT2D eigenvalue weighted by molar-refractivity contribution is 7.87. The summed E-state index contributed by atoms with van der Waals surface area (Å²) in [6.07, 6.45) is -1.22. The van der Waals surface area contributed by atoms with Gasteiger partial charge in [0.1, 0.15) is 0 Å². The summed E-state index contributed by atoms with van der Waals surface area (Å²) in [5, 5.41) is 17.1. The fourth-order valence-corrected chi connectivity index (χ4v) is 1.39. The highest BCUT2D eigenvalue weighted by atomic mass is 32.2. The van der Waals surface area contributed by atoms with Gasteiger partial charge in [0.15, 0.2) is 10.9 Å². The van der Waals surface area contributed by atoms with Crippen LogP contribution in [0.25, 0.3) is 0 Å². The van der Waals surface area contributed by atoms with E-state index in [1.54, 1.807) is 0 Å². The smallest absolute Gasteiger partial charge is 0.292 e. The monoisotopic (exact) mass is 236 g/mol. The molecule has 10 heteroatoms. The van der Waals surface area contributed by atoms with Crippen LogP contribution in [0.3, 0.4) is 0 Å². The topological polar surface area (TPSA) is 149 Å². The Morgan fingerprint density at radius 3 is 1.23 bits per heavy atom. The molecule has 0 aliphatic heterocycles. The third kappa shape index (κ3) is 4.50. The Balaban J connectivity index is 4.50. The van der Waals surface area contributed by atoms with Crippen molar-refractivity contribution in [1.82, 2.24) is 0 Å². The first-order valence-corrected chi connectivity index (χ1v) is 5.84. The molecule has 0 spiro atoms. The van der Waals surface area contributed by atoms with E-state index in [-0.39, 0.29) is 0 Å². The zero-order valence-electron chi connectivity index (χ0n) is 6.10. The molecule has 0 aromatic rings. The zero-order valence-corrected chi connectivity index (χ0v) is 7.73. The second-order valence-corrected chi connectivity index (χ2v) is 5.32. The average Bonchev–Trinajstić information content (AvgIpc) is 1.82. The molecule has 0 heterocycles. The molecule has 0 bridgehead atoms. The lowest BCUT2D eigenvalue weighted by atomic mass is 10.5. The maximum absolute atomic E-state index is 10.1. The fraction of sp³-hybridized carbons (Fsp3) is 1.00. The van der Waals surface area contributed by atoms with Crippen molar-refractivity contribution < 1.29 is 36.2 Å². The molecule has 0 rings (SSSR count). The van der Waals surface area contributed by atoms with Crippen LogP contribution in [0.1, 0.15) is 6.42 Å². The number of hydrogen-bond donors (Lipinski definition) is 4. The quantitative estimate of drug-likeness (QED) is 0.401. The predicted molar refractivity (Wildman–Crippen MR) is 39.7 cm³/mol. The van der Waals surface area contributed by atoms with Gasteiger partial charge in [-0.05, 0) is 0 Å². The molecule has 0 aromatic carbocycles. The van der Waals surface area contributed by atoms with Crippen molar-refractivity contribution in [2.45, 2.75) is 17.3 Å². The van der Waals surface area contributed by atoms with Crippen LogP contribution in [0.5, 0.6) is 0 Å². The van der Waals surface area contributed by atoms with E-state index < -0.39 is 37.5 Å². The molecule has 0 saturated heterocycles. The van der Waals surface area contributed by atoms with Gasteiger partial charge in [-0.2, -0.15) is 16.8 Å². The van der Waals surface area contributed by atoms with Gasteiger partial charge in [0, 0.05) is 6.42 Å². The van der Waals surface area contributed by atoms with Crippen molar-refractivity contribution >= 4 is 20.2 Å². The van der Waals surface area contributed by atoms with E-state index in [0.717, 1.165) is 0 Å². The van der Waals surface area contributed by atoms with E-state index in [9.17, 15) is 16.8 Å². The van der Waals surface area contributed by atoms with Crippen LogP contribution >= 0.6 is 0 Å². The molecule has 2 atom stereocenters. The third-order valence-corrected chi connectivity index (χ3v) is 2.85. The normalized spacial score (nSPS) is 18.2. The van der Waals surface area contributed by atoms with Crippen LogP contribution in [0.4, 0.5) is 0 Å². The Kier molecular flexibility index (Phi) is 3.78. The standard InChI is InChI=1S/C3H8O8S2/c4-2(12(6,7)8)1-3(5)13(9,10)11/h2-5H,1H2,(H,6,7,8)(H,9,10,11)/t2-,3+. The molecule has 0 radical (unpaired) electrons. The lowest BCUT2D eigenvalue weighted by Gasteiger charge is -2.10. The summed E-state index contributed by atoms with van der Waals surface area (Å²) in [6.45, 7) is 0. The van der Waals surface area contributed by atoms with E-state index in [0.29, 0.717) is 0 Å². The SMILES string of the molecule is O=S(=O)(O)[C@H](O)C[C@H](O)S(=O)(=O)O. The first kappa shape index (κ1) is 12.7. The molecular formula is C3H8O8S2. The number of hydrogen-bond acceptors (Lipinski definition) is 6. The number of rotatable bonds is 4. The Bertz CT molecular complexity index is 315.